The first-order valence-corrected chi connectivity index (χ1v) is 8.67. The number of piperidine rings is 1. The van der Waals surface area contributed by atoms with Crippen molar-refractivity contribution in [3.05, 3.63) is 28.8 Å². The maximum absolute atomic E-state index is 12.9. The summed E-state index contributed by atoms with van der Waals surface area (Å²) in [5.74, 6) is 0.288. The molecule has 2 N–H and O–H groups in total. The Hall–Kier alpha value is -0.330. The Balaban J connectivity index is 0.00000220. The third kappa shape index (κ3) is 3.71. The molecule has 1 aliphatic rings. The van der Waals surface area contributed by atoms with Crippen LogP contribution in [0.25, 0.3) is 0 Å². The maximum atomic E-state index is 12.9. The molecule has 0 saturated carbocycles. The summed E-state index contributed by atoms with van der Waals surface area (Å²) >= 11 is 5.90. The van der Waals surface area contributed by atoms with Crippen molar-refractivity contribution in [2.45, 2.75) is 37.6 Å². The highest BCUT2D eigenvalue weighted by Gasteiger charge is 2.36. The summed E-state index contributed by atoms with van der Waals surface area (Å²) in [5.41, 5.74) is 6.47. The van der Waals surface area contributed by atoms with Gasteiger partial charge in [0.05, 0.1) is 4.90 Å². The van der Waals surface area contributed by atoms with Crippen LogP contribution >= 0.6 is 24.0 Å². The van der Waals surface area contributed by atoms with Crippen molar-refractivity contribution >= 4 is 34.0 Å². The number of nitrogens with two attached hydrogens (primary N) is 1. The van der Waals surface area contributed by atoms with Gasteiger partial charge in [-0.05, 0) is 49.4 Å². The molecule has 1 aliphatic heterocycles. The van der Waals surface area contributed by atoms with Crippen molar-refractivity contribution in [2.75, 3.05) is 13.1 Å². The van der Waals surface area contributed by atoms with E-state index >= 15 is 0 Å². The molecule has 1 fully saturated rings. The van der Waals surface area contributed by atoms with Crippen molar-refractivity contribution in [1.29, 1.82) is 0 Å². The van der Waals surface area contributed by atoms with E-state index in [1.54, 1.807) is 29.4 Å². The third-order valence-electron chi connectivity index (χ3n) is 4.03. The van der Waals surface area contributed by atoms with Crippen LogP contribution in [0.4, 0.5) is 0 Å². The average Bonchev–Trinajstić information content (AvgIpc) is 2.37. The van der Waals surface area contributed by atoms with Crippen LogP contribution in [0, 0.1) is 12.8 Å². The topological polar surface area (TPSA) is 63.4 Å². The second-order valence-electron chi connectivity index (χ2n) is 5.45. The molecule has 120 valence electrons. The zero-order valence-corrected chi connectivity index (χ0v) is 14.6. The van der Waals surface area contributed by atoms with E-state index in [9.17, 15) is 8.42 Å². The minimum absolute atomic E-state index is 0. The molecule has 0 aromatic heterocycles. The molecule has 0 radical (unpaired) electrons. The number of benzene rings is 1. The molecule has 1 heterocycles. The van der Waals surface area contributed by atoms with Crippen molar-refractivity contribution in [3.8, 4) is 0 Å². The maximum Gasteiger partial charge on any atom is 0.243 e. The number of hydrogen-bond acceptors (Lipinski definition) is 3. The van der Waals surface area contributed by atoms with E-state index in [4.69, 9.17) is 17.3 Å². The van der Waals surface area contributed by atoms with Gasteiger partial charge in [-0.25, -0.2) is 8.42 Å². The fourth-order valence-corrected chi connectivity index (χ4v) is 5.09. The summed E-state index contributed by atoms with van der Waals surface area (Å²) in [7, 11) is -3.51. The zero-order valence-electron chi connectivity index (χ0n) is 12.3. The number of nitrogens with zero attached hydrogens (tertiary/aromatic N) is 1. The molecule has 2 rings (SSSR count). The Labute approximate surface area is 138 Å². The van der Waals surface area contributed by atoms with E-state index in [0.717, 1.165) is 12.8 Å². The van der Waals surface area contributed by atoms with Crippen molar-refractivity contribution < 1.29 is 8.42 Å². The lowest BCUT2D eigenvalue weighted by molar-refractivity contribution is 0.192. The Bertz CT molecular complexity index is 593. The van der Waals surface area contributed by atoms with Crippen LogP contribution in [-0.2, 0) is 10.0 Å². The fourth-order valence-electron chi connectivity index (χ4n) is 2.89. The molecule has 21 heavy (non-hydrogen) atoms. The molecule has 1 aromatic rings. The normalized spacial score (nSPS) is 23.6. The quantitative estimate of drug-likeness (QED) is 0.909. The van der Waals surface area contributed by atoms with E-state index < -0.39 is 10.0 Å². The van der Waals surface area contributed by atoms with Gasteiger partial charge >= 0.3 is 0 Å². The minimum Gasteiger partial charge on any atom is -0.329 e. The highest BCUT2D eigenvalue weighted by molar-refractivity contribution is 7.89. The first-order chi connectivity index (χ1) is 9.37. The molecule has 0 amide bonds. The van der Waals surface area contributed by atoms with Crippen molar-refractivity contribution in [1.82, 2.24) is 4.31 Å². The van der Waals surface area contributed by atoms with E-state index in [1.807, 2.05) is 0 Å². The number of sulfonamides is 1. The standard InChI is InChI=1S/C14H21ClN2O2S.ClH/c1-10-4-3-7-17(13(10)9-16)20(18,19)14-6-5-12(15)8-11(14)2;/h5-6,8,10,13H,3-4,7,9,16H2,1-2H3;1H. The van der Waals surface area contributed by atoms with Crippen LogP contribution in [0.5, 0.6) is 0 Å². The lowest BCUT2D eigenvalue weighted by atomic mass is 9.93. The number of halogens is 2. The molecule has 0 aliphatic carbocycles. The molecule has 0 bridgehead atoms. The average molecular weight is 353 g/mol. The molecular weight excluding hydrogens is 331 g/mol. The zero-order chi connectivity index (χ0) is 14.9. The highest BCUT2D eigenvalue weighted by Crippen LogP contribution is 2.30. The lowest BCUT2D eigenvalue weighted by Crippen LogP contribution is -2.51. The van der Waals surface area contributed by atoms with Gasteiger partial charge in [-0.15, -0.1) is 12.4 Å². The summed E-state index contributed by atoms with van der Waals surface area (Å²) in [6.45, 7) is 4.72. The predicted octanol–water partition coefficient (Wildman–Crippen LogP) is 2.82. The molecule has 4 nitrogen and oxygen atoms in total. The van der Waals surface area contributed by atoms with Gasteiger partial charge < -0.3 is 5.73 Å². The second kappa shape index (κ2) is 7.29. The Morgan fingerprint density at radius 1 is 1.43 bits per heavy atom. The SMILES string of the molecule is Cc1cc(Cl)ccc1S(=O)(=O)N1CCCC(C)C1CN.Cl. The van der Waals surface area contributed by atoms with E-state index in [0.29, 0.717) is 28.6 Å². The van der Waals surface area contributed by atoms with Gasteiger partial charge in [0.2, 0.25) is 10.0 Å². The first kappa shape index (κ1) is 18.7. The van der Waals surface area contributed by atoms with Gasteiger partial charge in [0.15, 0.2) is 0 Å². The van der Waals surface area contributed by atoms with Crippen LogP contribution in [0.15, 0.2) is 23.1 Å². The van der Waals surface area contributed by atoms with Gasteiger partial charge in [0.1, 0.15) is 0 Å². The van der Waals surface area contributed by atoms with E-state index in [-0.39, 0.29) is 24.4 Å². The number of aryl methyl sites for hydroxylation is 1. The van der Waals surface area contributed by atoms with Crippen LogP contribution in [0.2, 0.25) is 5.02 Å². The molecule has 2 atom stereocenters. The molecule has 7 heteroatoms. The van der Waals surface area contributed by atoms with Gasteiger partial charge in [-0.3, -0.25) is 0 Å². The Morgan fingerprint density at radius 3 is 2.67 bits per heavy atom. The smallest absolute Gasteiger partial charge is 0.243 e. The molecule has 0 spiro atoms. The number of hydrogen-bond donors (Lipinski definition) is 1. The van der Waals surface area contributed by atoms with Crippen LogP contribution < -0.4 is 5.73 Å². The summed E-state index contributed by atoms with van der Waals surface area (Å²) < 4.78 is 27.3. The molecule has 2 unspecified atom stereocenters. The molecular formula is C14H22Cl2N2O2S. The summed E-state index contributed by atoms with van der Waals surface area (Å²) in [6.07, 6.45) is 1.90. The summed E-state index contributed by atoms with van der Waals surface area (Å²) in [5, 5.41) is 0.545. The van der Waals surface area contributed by atoms with E-state index in [2.05, 4.69) is 6.92 Å². The van der Waals surface area contributed by atoms with Gasteiger partial charge in [-0.2, -0.15) is 4.31 Å². The third-order valence-corrected chi connectivity index (χ3v) is 6.35. The van der Waals surface area contributed by atoms with Crippen molar-refractivity contribution in [3.63, 3.8) is 0 Å². The van der Waals surface area contributed by atoms with Gasteiger partial charge in [-0.1, -0.05) is 18.5 Å². The lowest BCUT2D eigenvalue weighted by Gasteiger charge is -2.38. The summed E-state index contributed by atoms with van der Waals surface area (Å²) in [6, 6.07) is 4.76. The van der Waals surface area contributed by atoms with Crippen LogP contribution in [0.1, 0.15) is 25.3 Å². The monoisotopic (exact) mass is 352 g/mol. The Morgan fingerprint density at radius 2 is 2.10 bits per heavy atom. The second-order valence-corrected chi connectivity index (χ2v) is 7.74. The van der Waals surface area contributed by atoms with E-state index in [1.165, 1.54) is 0 Å². The highest BCUT2D eigenvalue weighted by atomic mass is 35.5. The van der Waals surface area contributed by atoms with Gasteiger partial charge in [0.25, 0.3) is 0 Å². The molecule has 1 saturated heterocycles. The number of rotatable bonds is 3. The van der Waals surface area contributed by atoms with Crippen molar-refractivity contribution in [2.24, 2.45) is 11.7 Å². The summed E-state index contributed by atoms with van der Waals surface area (Å²) in [4.78, 5) is 0.328. The van der Waals surface area contributed by atoms with Crippen LogP contribution in [0.3, 0.4) is 0 Å². The molecule has 1 aromatic carbocycles. The van der Waals surface area contributed by atoms with Crippen LogP contribution in [-0.4, -0.2) is 31.9 Å². The first-order valence-electron chi connectivity index (χ1n) is 6.86. The largest absolute Gasteiger partial charge is 0.329 e. The Kier molecular flexibility index (Phi) is 6.50. The predicted molar refractivity (Wildman–Crippen MR) is 88.6 cm³/mol. The minimum atomic E-state index is -3.51. The van der Waals surface area contributed by atoms with Gasteiger partial charge in [0, 0.05) is 24.2 Å². The fraction of sp³-hybridized carbons (Fsp3) is 0.571.